The van der Waals surface area contributed by atoms with E-state index in [-0.39, 0.29) is 18.2 Å². The summed E-state index contributed by atoms with van der Waals surface area (Å²) in [6.07, 6.45) is 6.29. The molecule has 1 N–H and O–H groups in total. The quantitative estimate of drug-likeness (QED) is 0.863. The zero-order valence-electron chi connectivity index (χ0n) is 13.4. The van der Waals surface area contributed by atoms with E-state index in [9.17, 15) is 9.59 Å². The van der Waals surface area contributed by atoms with Gasteiger partial charge in [0.05, 0.1) is 5.69 Å². The van der Waals surface area contributed by atoms with Crippen molar-refractivity contribution in [3.05, 3.63) is 59.4 Å². The van der Waals surface area contributed by atoms with E-state index in [4.69, 9.17) is 0 Å². The van der Waals surface area contributed by atoms with Gasteiger partial charge < -0.3 is 9.88 Å². The predicted octanol–water partition coefficient (Wildman–Crippen LogP) is 3.09. The fraction of sp³-hybridized carbons (Fsp3) is 0.368. The maximum absolute atomic E-state index is 12.7. The first-order valence-corrected chi connectivity index (χ1v) is 8.20. The number of benzene rings is 1. The highest BCUT2D eigenvalue weighted by Gasteiger charge is 2.19. The Morgan fingerprint density at radius 1 is 1.13 bits per heavy atom. The summed E-state index contributed by atoms with van der Waals surface area (Å²) in [5.41, 5.74) is 2.19. The number of carbonyl (C=O) groups is 2. The number of hydrogen-bond acceptors (Lipinski definition) is 2. The smallest absolute Gasteiger partial charge is 0.240 e. The fourth-order valence-corrected chi connectivity index (χ4v) is 3.22. The minimum atomic E-state index is -0.0400. The lowest BCUT2D eigenvalue weighted by atomic mass is 10.0. The molecule has 1 aromatic heterocycles. The molecule has 1 amide bonds. The lowest BCUT2D eigenvalue weighted by Gasteiger charge is -2.14. The van der Waals surface area contributed by atoms with E-state index in [2.05, 4.69) is 5.32 Å². The molecule has 0 atom stereocenters. The molecular weight excluding hydrogens is 288 g/mol. The Kier molecular flexibility index (Phi) is 4.60. The van der Waals surface area contributed by atoms with Crippen LogP contribution in [0.2, 0.25) is 0 Å². The molecule has 1 fully saturated rings. The maximum Gasteiger partial charge on any atom is 0.240 e. The molecule has 4 heteroatoms. The van der Waals surface area contributed by atoms with Crippen LogP contribution >= 0.6 is 0 Å². The summed E-state index contributed by atoms with van der Waals surface area (Å²) in [6, 6.07) is 11.4. The molecule has 23 heavy (non-hydrogen) atoms. The van der Waals surface area contributed by atoms with E-state index in [1.54, 1.807) is 16.8 Å². The number of nitrogens with zero attached hydrogens (tertiary/aromatic N) is 1. The molecule has 0 unspecified atom stereocenters. The van der Waals surface area contributed by atoms with Crippen molar-refractivity contribution in [1.82, 2.24) is 9.88 Å². The number of rotatable bonds is 5. The third-order valence-electron chi connectivity index (χ3n) is 4.49. The summed E-state index contributed by atoms with van der Waals surface area (Å²) in [6.45, 7) is 2.11. The number of ketones is 1. The van der Waals surface area contributed by atoms with Gasteiger partial charge >= 0.3 is 0 Å². The number of amides is 1. The monoisotopic (exact) mass is 310 g/mol. The van der Waals surface area contributed by atoms with Gasteiger partial charge in [0.1, 0.15) is 6.54 Å². The van der Waals surface area contributed by atoms with Gasteiger partial charge in [0.25, 0.3) is 0 Å². The molecule has 1 aliphatic carbocycles. The SMILES string of the molecule is Cc1ccccc1C(=O)c1cccn1CC(=O)NC1CCCC1. The van der Waals surface area contributed by atoms with E-state index in [0.29, 0.717) is 17.3 Å². The van der Waals surface area contributed by atoms with Crippen molar-refractivity contribution >= 4 is 11.7 Å². The van der Waals surface area contributed by atoms with Gasteiger partial charge in [0.2, 0.25) is 11.7 Å². The molecule has 4 nitrogen and oxygen atoms in total. The molecule has 0 bridgehead atoms. The molecule has 1 heterocycles. The maximum atomic E-state index is 12.7. The van der Waals surface area contributed by atoms with Crippen molar-refractivity contribution < 1.29 is 9.59 Å². The summed E-state index contributed by atoms with van der Waals surface area (Å²) < 4.78 is 1.74. The van der Waals surface area contributed by atoms with Crippen molar-refractivity contribution in [1.29, 1.82) is 0 Å². The molecule has 1 aliphatic rings. The Morgan fingerprint density at radius 3 is 2.61 bits per heavy atom. The van der Waals surface area contributed by atoms with Gasteiger partial charge in [-0.15, -0.1) is 0 Å². The Balaban J connectivity index is 1.73. The van der Waals surface area contributed by atoms with Crippen molar-refractivity contribution in [3.63, 3.8) is 0 Å². The van der Waals surface area contributed by atoms with Gasteiger partial charge in [-0.25, -0.2) is 0 Å². The third-order valence-corrected chi connectivity index (χ3v) is 4.49. The van der Waals surface area contributed by atoms with Crippen LogP contribution < -0.4 is 5.32 Å². The van der Waals surface area contributed by atoms with Gasteiger partial charge in [0, 0.05) is 17.8 Å². The van der Waals surface area contributed by atoms with Gasteiger partial charge in [-0.1, -0.05) is 37.1 Å². The van der Waals surface area contributed by atoms with Gasteiger partial charge in [-0.05, 0) is 37.5 Å². The Bertz CT molecular complexity index is 712. The highest BCUT2D eigenvalue weighted by molar-refractivity contribution is 6.09. The average Bonchev–Trinajstić information content (AvgIpc) is 3.19. The molecule has 0 aliphatic heterocycles. The molecule has 120 valence electrons. The molecule has 3 rings (SSSR count). The third kappa shape index (κ3) is 3.52. The normalized spacial score (nSPS) is 14.8. The van der Waals surface area contributed by atoms with E-state index in [0.717, 1.165) is 18.4 Å². The van der Waals surface area contributed by atoms with Gasteiger partial charge in [-0.3, -0.25) is 9.59 Å². The van der Waals surface area contributed by atoms with E-state index < -0.39 is 0 Å². The highest BCUT2D eigenvalue weighted by Crippen LogP contribution is 2.18. The Morgan fingerprint density at radius 2 is 1.87 bits per heavy atom. The van der Waals surface area contributed by atoms with Crippen LogP contribution in [0.5, 0.6) is 0 Å². The summed E-state index contributed by atoms with van der Waals surface area (Å²) in [7, 11) is 0. The summed E-state index contributed by atoms with van der Waals surface area (Å²) in [4.78, 5) is 24.9. The molecule has 1 saturated carbocycles. The number of nitrogens with one attached hydrogen (secondary N) is 1. The molecule has 2 aromatic rings. The number of carbonyl (C=O) groups excluding carboxylic acids is 2. The fourth-order valence-electron chi connectivity index (χ4n) is 3.22. The first-order chi connectivity index (χ1) is 11.1. The van der Waals surface area contributed by atoms with E-state index in [1.165, 1.54) is 12.8 Å². The Labute approximate surface area is 136 Å². The summed E-state index contributed by atoms with van der Waals surface area (Å²) >= 11 is 0. The summed E-state index contributed by atoms with van der Waals surface area (Å²) in [5.74, 6) is -0.0614. The molecule has 0 saturated heterocycles. The lowest BCUT2D eigenvalue weighted by Crippen LogP contribution is -2.35. The second-order valence-corrected chi connectivity index (χ2v) is 6.21. The van der Waals surface area contributed by atoms with Crippen LogP contribution in [0.1, 0.15) is 47.3 Å². The van der Waals surface area contributed by atoms with Crippen molar-refractivity contribution in [2.75, 3.05) is 0 Å². The first-order valence-electron chi connectivity index (χ1n) is 8.20. The second kappa shape index (κ2) is 6.82. The van der Waals surface area contributed by atoms with Gasteiger partial charge in [-0.2, -0.15) is 0 Å². The van der Waals surface area contributed by atoms with Crippen molar-refractivity contribution in [3.8, 4) is 0 Å². The molecule has 0 radical (unpaired) electrons. The minimum absolute atomic E-state index is 0.0214. The molecule has 1 aromatic carbocycles. The standard InChI is InChI=1S/C19H22N2O2/c1-14-7-2-5-10-16(14)19(23)17-11-6-12-21(17)13-18(22)20-15-8-3-4-9-15/h2,5-7,10-12,15H,3-4,8-9,13H2,1H3,(H,20,22). The van der Waals surface area contributed by atoms with E-state index >= 15 is 0 Å². The zero-order chi connectivity index (χ0) is 16.2. The summed E-state index contributed by atoms with van der Waals surface area (Å²) in [5, 5.41) is 3.06. The molecular formula is C19H22N2O2. The average molecular weight is 310 g/mol. The molecule has 0 spiro atoms. The largest absolute Gasteiger partial charge is 0.352 e. The van der Waals surface area contributed by atoms with Crippen LogP contribution in [-0.4, -0.2) is 22.3 Å². The van der Waals surface area contributed by atoms with E-state index in [1.807, 2.05) is 37.3 Å². The number of aromatic nitrogens is 1. The highest BCUT2D eigenvalue weighted by atomic mass is 16.2. The van der Waals surface area contributed by atoms with Crippen molar-refractivity contribution in [2.45, 2.75) is 45.2 Å². The van der Waals surface area contributed by atoms with Gasteiger partial charge in [0.15, 0.2) is 0 Å². The van der Waals surface area contributed by atoms with Crippen LogP contribution in [-0.2, 0) is 11.3 Å². The Hall–Kier alpha value is -2.36. The van der Waals surface area contributed by atoms with Crippen molar-refractivity contribution in [2.24, 2.45) is 0 Å². The van der Waals surface area contributed by atoms with Crippen LogP contribution in [0.4, 0.5) is 0 Å². The predicted molar refractivity (Wildman–Crippen MR) is 89.4 cm³/mol. The first kappa shape index (κ1) is 15.5. The lowest BCUT2D eigenvalue weighted by molar-refractivity contribution is -0.122. The van der Waals surface area contributed by atoms with Crippen LogP contribution in [0.3, 0.4) is 0 Å². The number of aryl methyl sites for hydroxylation is 1. The van der Waals surface area contributed by atoms with Crippen LogP contribution in [0.25, 0.3) is 0 Å². The van der Waals surface area contributed by atoms with Crippen LogP contribution in [0, 0.1) is 6.92 Å². The van der Waals surface area contributed by atoms with Crippen LogP contribution in [0.15, 0.2) is 42.6 Å². The second-order valence-electron chi connectivity index (χ2n) is 6.21. The minimum Gasteiger partial charge on any atom is -0.352 e. The number of hydrogen-bond donors (Lipinski definition) is 1. The topological polar surface area (TPSA) is 51.1 Å². The zero-order valence-corrected chi connectivity index (χ0v) is 13.4.